The molecule has 0 radical (unpaired) electrons. The van der Waals surface area contributed by atoms with Crippen molar-refractivity contribution in [2.75, 3.05) is 13.1 Å². The number of aromatic nitrogens is 2. The van der Waals surface area contributed by atoms with E-state index in [2.05, 4.69) is 18.8 Å². The fourth-order valence-corrected chi connectivity index (χ4v) is 2.94. The molecule has 0 bridgehead atoms. The van der Waals surface area contributed by atoms with Gasteiger partial charge < -0.3 is 15.2 Å². The van der Waals surface area contributed by atoms with Crippen molar-refractivity contribution in [3.63, 3.8) is 0 Å². The highest BCUT2D eigenvalue weighted by Gasteiger charge is 2.35. The topological polar surface area (TPSA) is 64.2 Å². The number of piperidine rings is 1. The standard InChI is InChI=1S/C17H22N4O.2ClH/c1-17(2)11-20(8-6-15(17)18)16(22)13-4-3-5-14(10-13)21-9-7-19-12-21;;/h3-5,7,9-10,12,15H,6,8,11,18H2,1-2H3;2*1H. The quantitative estimate of drug-likeness (QED) is 0.883. The first-order valence-corrected chi connectivity index (χ1v) is 7.61. The Morgan fingerprint density at radius 2 is 2.08 bits per heavy atom. The number of nitrogens with two attached hydrogens (primary N) is 1. The lowest BCUT2D eigenvalue weighted by Crippen LogP contribution is -2.54. The zero-order valence-corrected chi connectivity index (χ0v) is 15.5. The Bertz CT molecular complexity index is 673. The Morgan fingerprint density at radius 1 is 1.33 bits per heavy atom. The molecule has 1 fully saturated rings. The van der Waals surface area contributed by atoms with Crippen LogP contribution >= 0.6 is 24.8 Å². The molecule has 1 atom stereocenters. The van der Waals surface area contributed by atoms with E-state index < -0.39 is 0 Å². The minimum atomic E-state index is -0.0458. The molecule has 24 heavy (non-hydrogen) atoms. The maximum absolute atomic E-state index is 12.8. The summed E-state index contributed by atoms with van der Waals surface area (Å²) >= 11 is 0. The minimum Gasteiger partial charge on any atom is -0.338 e. The summed E-state index contributed by atoms with van der Waals surface area (Å²) in [6.07, 6.45) is 6.17. The number of halogens is 2. The number of hydrogen-bond donors (Lipinski definition) is 1. The highest BCUT2D eigenvalue weighted by Crippen LogP contribution is 2.28. The average molecular weight is 371 g/mol. The predicted octanol–water partition coefficient (Wildman–Crippen LogP) is 2.92. The van der Waals surface area contributed by atoms with Gasteiger partial charge >= 0.3 is 0 Å². The first-order valence-electron chi connectivity index (χ1n) is 7.61. The number of amides is 1. The van der Waals surface area contributed by atoms with E-state index in [1.54, 1.807) is 12.5 Å². The Hall–Kier alpha value is -1.56. The molecule has 0 spiro atoms. The normalized spacial score (nSPS) is 19.1. The molecule has 2 N–H and O–H groups in total. The summed E-state index contributed by atoms with van der Waals surface area (Å²) in [6, 6.07) is 7.79. The number of nitrogens with zero attached hydrogens (tertiary/aromatic N) is 3. The number of carbonyl (C=O) groups excluding carboxylic acids is 1. The monoisotopic (exact) mass is 370 g/mol. The molecule has 3 rings (SSSR count). The van der Waals surface area contributed by atoms with E-state index in [1.165, 1.54) is 0 Å². The zero-order valence-electron chi connectivity index (χ0n) is 13.9. The predicted molar refractivity (Wildman–Crippen MR) is 100 cm³/mol. The van der Waals surface area contributed by atoms with Crippen molar-refractivity contribution >= 4 is 30.7 Å². The average Bonchev–Trinajstić information content (AvgIpc) is 3.04. The molecule has 1 aromatic heterocycles. The van der Waals surface area contributed by atoms with E-state index in [9.17, 15) is 4.79 Å². The second kappa shape index (κ2) is 8.01. The van der Waals surface area contributed by atoms with Crippen LogP contribution in [0.3, 0.4) is 0 Å². The van der Waals surface area contributed by atoms with Crippen molar-refractivity contribution in [1.82, 2.24) is 14.5 Å². The van der Waals surface area contributed by atoms with E-state index in [4.69, 9.17) is 5.73 Å². The largest absolute Gasteiger partial charge is 0.338 e. The molecule has 5 nitrogen and oxygen atoms in total. The fraction of sp³-hybridized carbons (Fsp3) is 0.412. The molecule has 1 unspecified atom stereocenters. The summed E-state index contributed by atoms with van der Waals surface area (Å²) in [6.45, 7) is 5.67. The van der Waals surface area contributed by atoms with E-state index in [0.717, 1.165) is 18.7 Å². The van der Waals surface area contributed by atoms with Gasteiger partial charge in [0.05, 0.1) is 6.33 Å². The maximum atomic E-state index is 12.8. The first-order chi connectivity index (χ1) is 10.5. The van der Waals surface area contributed by atoms with Crippen molar-refractivity contribution in [1.29, 1.82) is 0 Å². The molecule has 1 amide bonds. The van der Waals surface area contributed by atoms with E-state index in [-0.39, 0.29) is 42.2 Å². The Kier molecular flexibility index (Phi) is 6.84. The van der Waals surface area contributed by atoms with Gasteiger partial charge in [-0.2, -0.15) is 0 Å². The number of imidazole rings is 1. The van der Waals surface area contributed by atoms with Crippen LogP contribution in [0.1, 0.15) is 30.6 Å². The van der Waals surface area contributed by atoms with Crippen molar-refractivity contribution in [2.24, 2.45) is 11.1 Å². The van der Waals surface area contributed by atoms with Gasteiger partial charge in [0.2, 0.25) is 0 Å². The molecule has 0 aliphatic carbocycles. The van der Waals surface area contributed by atoms with Crippen LogP contribution in [0.2, 0.25) is 0 Å². The zero-order chi connectivity index (χ0) is 15.7. The van der Waals surface area contributed by atoms with Gasteiger partial charge in [0.15, 0.2) is 0 Å². The minimum absolute atomic E-state index is 0. The van der Waals surface area contributed by atoms with E-state index >= 15 is 0 Å². The second-order valence-electron chi connectivity index (χ2n) is 6.63. The first kappa shape index (κ1) is 20.5. The molecule has 1 aromatic carbocycles. The summed E-state index contributed by atoms with van der Waals surface area (Å²) in [5.74, 6) is 0.0712. The lowest BCUT2D eigenvalue weighted by molar-refractivity contribution is 0.0533. The third kappa shape index (κ3) is 4.09. The molecular formula is C17H24Cl2N4O. The van der Waals surface area contributed by atoms with Crippen molar-refractivity contribution in [3.05, 3.63) is 48.5 Å². The lowest BCUT2D eigenvalue weighted by atomic mass is 9.79. The van der Waals surface area contributed by atoms with Gasteiger partial charge in [0, 0.05) is 42.8 Å². The Balaban J connectivity index is 0.00000144. The van der Waals surface area contributed by atoms with Crippen molar-refractivity contribution in [3.8, 4) is 5.69 Å². The van der Waals surface area contributed by atoms with Crippen LogP contribution < -0.4 is 5.73 Å². The number of rotatable bonds is 2. The van der Waals surface area contributed by atoms with Gasteiger partial charge in [-0.3, -0.25) is 4.79 Å². The Labute approximate surface area is 155 Å². The van der Waals surface area contributed by atoms with Crippen LogP contribution in [0, 0.1) is 5.41 Å². The molecule has 1 aliphatic rings. The van der Waals surface area contributed by atoms with Gasteiger partial charge in [-0.05, 0) is 30.0 Å². The van der Waals surface area contributed by atoms with Crippen LogP contribution in [0.25, 0.3) is 5.69 Å². The summed E-state index contributed by atoms with van der Waals surface area (Å²) in [7, 11) is 0. The number of benzene rings is 1. The molecule has 7 heteroatoms. The van der Waals surface area contributed by atoms with E-state index in [1.807, 2.05) is 39.9 Å². The third-order valence-corrected chi connectivity index (χ3v) is 4.50. The van der Waals surface area contributed by atoms with Gasteiger partial charge in [0.25, 0.3) is 5.91 Å². The van der Waals surface area contributed by atoms with Crippen LogP contribution in [0.15, 0.2) is 43.0 Å². The van der Waals surface area contributed by atoms with Gasteiger partial charge in [-0.1, -0.05) is 19.9 Å². The highest BCUT2D eigenvalue weighted by molar-refractivity contribution is 5.94. The highest BCUT2D eigenvalue weighted by atomic mass is 35.5. The summed E-state index contributed by atoms with van der Waals surface area (Å²) in [4.78, 5) is 18.7. The maximum Gasteiger partial charge on any atom is 0.253 e. The molecule has 0 saturated carbocycles. The van der Waals surface area contributed by atoms with Crippen LogP contribution in [-0.2, 0) is 0 Å². The van der Waals surface area contributed by atoms with Crippen LogP contribution in [0.5, 0.6) is 0 Å². The van der Waals surface area contributed by atoms with Crippen LogP contribution in [0.4, 0.5) is 0 Å². The van der Waals surface area contributed by atoms with Crippen molar-refractivity contribution < 1.29 is 4.79 Å². The van der Waals surface area contributed by atoms with Crippen molar-refractivity contribution in [2.45, 2.75) is 26.3 Å². The summed E-state index contributed by atoms with van der Waals surface area (Å²) in [5.41, 5.74) is 7.75. The van der Waals surface area contributed by atoms with Gasteiger partial charge in [-0.25, -0.2) is 4.98 Å². The third-order valence-electron chi connectivity index (χ3n) is 4.50. The molecule has 2 aromatic rings. The SMILES string of the molecule is CC1(C)CN(C(=O)c2cccc(-n3ccnc3)c2)CCC1N.Cl.Cl. The fourth-order valence-electron chi connectivity index (χ4n) is 2.94. The lowest BCUT2D eigenvalue weighted by Gasteiger charge is -2.42. The molecular weight excluding hydrogens is 347 g/mol. The number of carbonyl (C=O) groups is 1. The molecule has 1 saturated heterocycles. The molecule has 2 heterocycles. The number of likely N-dealkylation sites (tertiary alicyclic amines) is 1. The second-order valence-corrected chi connectivity index (χ2v) is 6.63. The van der Waals surface area contributed by atoms with Crippen LogP contribution in [-0.4, -0.2) is 39.5 Å². The number of hydrogen-bond acceptors (Lipinski definition) is 3. The van der Waals surface area contributed by atoms with E-state index in [0.29, 0.717) is 12.1 Å². The van der Waals surface area contributed by atoms with Gasteiger partial charge in [-0.15, -0.1) is 24.8 Å². The molecule has 1 aliphatic heterocycles. The summed E-state index contributed by atoms with van der Waals surface area (Å²) in [5, 5.41) is 0. The molecule has 132 valence electrons. The summed E-state index contributed by atoms with van der Waals surface area (Å²) < 4.78 is 1.90. The van der Waals surface area contributed by atoms with Gasteiger partial charge in [0.1, 0.15) is 0 Å². The smallest absolute Gasteiger partial charge is 0.253 e. The Morgan fingerprint density at radius 3 is 2.71 bits per heavy atom.